The number of rotatable bonds is 36. The van der Waals surface area contributed by atoms with Crippen molar-refractivity contribution in [3.8, 4) is 0 Å². The molecule has 0 rings (SSSR count). The van der Waals surface area contributed by atoms with Crippen LogP contribution in [0.2, 0.25) is 0 Å². The van der Waals surface area contributed by atoms with Crippen LogP contribution in [0.25, 0.3) is 0 Å². The maximum atomic E-state index is 12.0. The van der Waals surface area contributed by atoms with E-state index in [1.54, 1.807) is 0 Å². The van der Waals surface area contributed by atoms with Gasteiger partial charge < -0.3 is 4.74 Å². The highest BCUT2D eigenvalue weighted by Gasteiger charge is 2.02. The smallest absolute Gasteiger partial charge is 0.305 e. The molecule has 0 heterocycles. The molecule has 2 nitrogen and oxygen atoms in total. The first kappa shape index (κ1) is 43.7. The van der Waals surface area contributed by atoms with Crippen LogP contribution >= 0.6 is 0 Å². The van der Waals surface area contributed by atoms with Crippen LogP contribution in [0, 0.1) is 5.92 Å². The molecular formula is C43H80O2. The van der Waals surface area contributed by atoms with Crippen molar-refractivity contribution in [2.75, 3.05) is 6.61 Å². The Bertz CT molecular complexity index is 659. The van der Waals surface area contributed by atoms with Gasteiger partial charge in [-0.15, -0.1) is 0 Å². The molecule has 0 saturated heterocycles. The van der Waals surface area contributed by atoms with Gasteiger partial charge in [0.05, 0.1) is 6.61 Å². The molecule has 0 atom stereocenters. The second kappa shape index (κ2) is 38.9. The van der Waals surface area contributed by atoms with Crippen LogP contribution in [0.3, 0.4) is 0 Å². The van der Waals surface area contributed by atoms with Gasteiger partial charge in [0.2, 0.25) is 0 Å². The molecule has 0 spiro atoms. The summed E-state index contributed by atoms with van der Waals surface area (Å²) in [5.41, 5.74) is 0. The van der Waals surface area contributed by atoms with E-state index in [-0.39, 0.29) is 5.97 Å². The number of ether oxygens (including phenoxy) is 1. The SMILES string of the molecule is CC/C=C\C/C=C\C/C=C\CCCCCCCC(=O)OCCCCCCCCCCCCCCCCCCCCCCC(C)C. The third-order valence-corrected chi connectivity index (χ3v) is 8.97. The minimum Gasteiger partial charge on any atom is -0.466 e. The van der Waals surface area contributed by atoms with Gasteiger partial charge in [-0.2, -0.15) is 0 Å². The first-order valence-electron chi connectivity index (χ1n) is 20.3. The van der Waals surface area contributed by atoms with E-state index in [0.717, 1.165) is 44.4 Å². The van der Waals surface area contributed by atoms with Crippen molar-refractivity contribution in [3.05, 3.63) is 36.5 Å². The van der Waals surface area contributed by atoms with Gasteiger partial charge in [-0.3, -0.25) is 4.79 Å². The lowest BCUT2D eigenvalue weighted by atomic mass is 10.0. The Labute approximate surface area is 283 Å². The van der Waals surface area contributed by atoms with Crippen molar-refractivity contribution in [1.29, 1.82) is 0 Å². The van der Waals surface area contributed by atoms with Crippen LogP contribution in [-0.2, 0) is 9.53 Å². The van der Waals surface area contributed by atoms with E-state index in [1.165, 1.54) is 154 Å². The Kier molecular flexibility index (Phi) is 37.7. The third-order valence-electron chi connectivity index (χ3n) is 8.97. The zero-order chi connectivity index (χ0) is 32.7. The van der Waals surface area contributed by atoms with Crippen molar-refractivity contribution in [2.45, 2.75) is 220 Å². The van der Waals surface area contributed by atoms with Crippen LogP contribution in [0.5, 0.6) is 0 Å². The average molecular weight is 629 g/mol. The van der Waals surface area contributed by atoms with Crippen LogP contribution in [0.4, 0.5) is 0 Å². The second-order valence-electron chi connectivity index (χ2n) is 14.1. The lowest BCUT2D eigenvalue weighted by Crippen LogP contribution is -2.05. The number of hydrogen-bond donors (Lipinski definition) is 0. The first-order valence-corrected chi connectivity index (χ1v) is 20.3. The van der Waals surface area contributed by atoms with Gasteiger partial charge in [0.25, 0.3) is 0 Å². The van der Waals surface area contributed by atoms with Gasteiger partial charge in [0, 0.05) is 6.42 Å². The molecule has 0 amide bonds. The third kappa shape index (κ3) is 40.7. The Morgan fingerprint density at radius 2 is 0.844 bits per heavy atom. The van der Waals surface area contributed by atoms with Crippen molar-refractivity contribution in [1.82, 2.24) is 0 Å². The molecule has 0 fully saturated rings. The highest BCUT2D eigenvalue weighted by atomic mass is 16.5. The van der Waals surface area contributed by atoms with E-state index in [1.807, 2.05) is 0 Å². The lowest BCUT2D eigenvalue weighted by molar-refractivity contribution is -0.143. The van der Waals surface area contributed by atoms with Crippen molar-refractivity contribution in [2.24, 2.45) is 5.92 Å². The summed E-state index contributed by atoms with van der Waals surface area (Å²) in [7, 11) is 0. The standard InChI is InChI=1S/C43H80O2/c1-4-5-6-7-8-9-10-11-18-22-25-28-31-34-37-40-43(44)45-41-38-35-32-29-26-23-20-17-15-13-12-14-16-19-21-24-27-30-33-36-39-42(2)3/h5-6,8-9,11,18,42H,4,7,10,12-17,19-41H2,1-3H3/b6-5-,9-8-,18-11-. The topological polar surface area (TPSA) is 26.3 Å². The molecule has 0 aromatic rings. The summed E-state index contributed by atoms with van der Waals surface area (Å²) in [6.45, 7) is 7.47. The minimum absolute atomic E-state index is 0.00873. The summed E-state index contributed by atoms with van der Waals surface area (Å²) in [6.07, 6.45) is 53.7. The molecule has 0 N–H and O–H groups in total. The quantitative estimate of drug-likeness (QED) is 0.0392. The van der Waals surface area contributed by atoms with E-state index in [0.29, 0.717) is 13.0 Å². The zero-order valence-corrected chi connectivity index (χ0v) is 31.0. The molecule has 0 aliphatic heterocycles. The summed E-state index contributed by atoms with van der Waals surface area (Å²) in [5, 5.41) is 0. The van der Waals surface area contributed by atoms with Gasteiger partial charge in [-0.05, 0) is 50.9 Å². The number of hydrogen-bond acceptors (Lipinski definition) is 2. The van der Waals surface area contributed by atoms with Crippen LogP contribution in [0.15, 0.2) is 36.5 Å². The Morgan fingerprint density at radius 1 is 0.467 bits per heavy atom. The highest BCUT2D eigenvalue weighted by molar-refractivity contribution is 5.69. The summed E-state index contributed by atoms with van der Waals surface area (Å²) in [5.74, 6) is 0.890. The number of carbonyl (C=O) groups excluding carboxylic acids is 1. The van der Waals surface area contributed by atoms with E-state index >= 15 is 0 Å². The zero-order valence-electron chi connectivity index (χ0n) is 31.0. The molecule has 0 aromatic heterocycles. The molecule has 0 aliphatic carbocycles. The summed E-state index contributed by atoms with van der Waals surface area (Å²) >= 11 is 0. The second-order valence-corrected chi connectivity index (χ2v) is 14.1. The molecule has 0 radical (unpaired) electrons. The molecule has 0 aromatic carbocycles. The highest BCUT2D eigenvalue weighted by Crippen LogP contribution is 2.16. The Morgan fingerprint density at radius 3 is 1.31 bits per heavy atom. The van der Waals surface area contributed by atoms with Gasteiger partial charge in [-0.1, -0.05) is 205 Å². The monoisotopic (exact) mass is 629 g/mol. The summed E-state index contributed by atoms with van der Waals surface area (Å²) in [4.78, 5) is 12.0. The minimum atomic E-state index is 0.00873. The van der Waals surface area contributed by atoms with Gasteiger partial charge in [-0.25, -0.2) is 0 Å². The lowest BCUT2D eigenvalue weighted by Gasteiger charge is -2.06. The maximum absolute atomic E-state index is 12.0. The van der Waals surface area contributed by atoms with Gasteiger partial charge >= 0.3 is 5.97 Å². The number of carbonyl (C=O) groups is 1. The largest absolute Gasteiger partial charge is 0.466 e. The molecule has 2 heteroatoms. The van der Waals surface area contributed by atoms with E-state index < -0.39 is 0 Å². The molecule has 0 bridgehead atoms. The molecule has 0 saturated carbocycles. The van der Waals surface area contributed by atoms with Gasteiger partial charge in [0.1, 0.15) is 0 Å². The molecule has 264 valence electrons. The fraction of sp³-hybridized carbons (Fsp3) is 0.837. The fourth-order valence-electron chi connectivity index (χ4n) is 5.98. The van der Waals surface area contributed by atoms with E-state index in [2.05, 4.69) is 57.2 Å². The predicted molar refractivity (Wildman–Crippen MR) is 202 cm³/mol. The fourth-order valence-corrected chi connectivity index (χ4v) is 5.98. The first-order chi connectivity index (χ1) is 22.2. The Hall–Kier alpha value is -1.31. The van der Waals surface area contributed by atoms with Crippen LogP contribution < -0.4 is 0 Å². The van der Waals surface area contributed by atoms with Crippen molar-refractivity contribution < 1.29 is 9.53 Å². The summed E-state index contributed by atoms with van der Waals surface area (Å²) < 4.78 is 5.45. The number of allylic oxidation sites excluding steroid dienone is 6. The Balaban J connectivity index is 3.21. The van der Waals surface area contributed by atoms with Crippen molar-refractivity contribution in [3.63, 3.8) is 0 Å². The average Bonchev–Trinajstić information content (AvgIpc) is 3.03. The van der Waals surface area contributed by atoms with Crippen LogP contribution in [-0.4, -0.2) is 12.6 Å². The van der Waals surface area contributed by atoms with Crippen molar-refractivity contribution >= 4 is 5.97 Å². The molecule has 0 aliphatic rings. The molecular weight excluding hydrogens is 548 g/mol. The molecule has 45 heavy (non-hydrogen) atoms. The molecule has 0 unspecified atom stereocenters. The normalized spacial score (nSPS) is 12.1. The van der Waals surface area contributed by atoms with E-state index in [4.69, 9.17) is 4.74 Å². The van der Waals surface area contributed by atoms with E-state index in [9.17, 15) is 4.79 Å². The summed E-state index contributed by atoms with van der Waals surface area (Å²) in [6, 6.07) is 0. The van der Waals surface area contributed by atoms with Crippen LogP contribution in [0.1, 0.15) is 220 Å². The maximum Gasteiger partial charge on any atom is 0.305 e. The number of esters is 1. The van der Waals surface area contributed by atoms with Gasteiger partial charge in [0.15, 0.2) is 0 Å². The number of unbranched alkanes of at least 4 members (excludes halogenated alkanes) is 24. The predicted octanol–water partition coefficient (Wildman–Crippen LogP) is 15.0.